The topological polar surface area (TPSA) is 44.8 Å². The van der Waals surface area contributed by atoms with Crippen LogP contribution in [0, 0.1) is 0 Å². The lowest BCUT2D eigenvalue weighted by molar-refractivity contribution is 0.355. The van der Waals surface area contributed by atoms with Crippen LogP contribution in [0.4, 0.5) is 0 Å². The average molecular weight is 355 g/mol. The van der Waals surface area contributed by atoms with Gasteiger partial charge in [-0.05, 0) is 21.5 Å². The fraction of sp³-hybridized carbons (Fsp3) is 0. The Hall–Kier alpha value is -2.42. The minimum atomic E-state index is -3.59. The van der Waals surface area contributed by atoms with Gasteiger partial charge in [0, 0.05) is 10.8 Å². The third-order valence-corrected chi connectivity index (χ3v) is 6.20. The largest absolute Gasteiger partial charge is 0.647 e. The number of phosphoric acid groups is 1. The Morgan fingerprint density at radius 2 is 1.42 bits per heavy atom. The first-order chi connectivity index (χ1) is 11.6. The average Bonchev–Trinajstić information content (AvgIpc) is 3.13. The number of fused-ring (bicyclic) bond motifs is 7. The molecular weight excluding hydrogens is 347 g/mol. The summed E-state index contributed by atoms with van der Waals surface area (Å²) >= 11 is 6.48. The minimum absolute atomic E-state index is 0.314. The number of hydrogen-bond acceptors (Lipinski definition) is 4. The van der Waals surface area contributed by atoms with E-state index in [0.29, 0.717) is 22.3 Å². The highest BCUT2D eigenvalue weighted by Crippen LogP contribution is 2.72. The summed E-state index contributed by atoms with van der Waals surface area (Å²) in [6, 6.07) is 16.3. The van der Waals surface area contributed by atoms with Crippen LogP contribution in [0.1, 0.15) is 0 Å². The van der Waals surface area contributed by atoms with E-state index in [2.05, 4.69) is 18.2 Å². The second kappa shape index (κ2) is 3.97. The normalized spacial score (nSPS) is 20.4. The Bertz CT molecular complexity index is 1280. The zero-order chi connectivity index (χ0) is 16.1. The summed E-state index contributed by atoms with van der Waals surface area (Å²) in [5, 5.41) is 6.37. The molecule has 0 saturated carbocycles. The molecule has 4 aromatic rings. The fourth-order valence-corrected chi connectivity index (χ4v) is 5.23. The maximum atomic E-state index is 12.3. The van der Waals surface area contributed by atoms with E-state index in [1.165, 1.54) is 0 Å². The summed E-state index contributed by atoms with van der Waals surface area (Å²) in [5.74, 6) is 1.12. The van der Waals surface area contributed by atoms with Gasteiger partial charge in [-0.25, -0.2) is 0 Å². The number of rotatable bonds is 0. The monoisotopic (exact) mass is 354 g/mol. The molecule has 24 heavy (non-hydrogen) atoms. The molecule has 1 atom stereocenters. The van der Waals surface area contributed by atoms with Crippen molar-refractivity contribution in [3.05, 3.63) is 53.6 Å². The highest BCUT2D eigenvalue weighted by molar-refractivity contribution is 7.50. The van der Waals surface area contributed by atoms with E-state index in [1.54, 1.807) is 0 Å². The van der Waals surface area contributed by atoms with E-state index in [0.717, 1.165) is 32.3 Å². The predicted octanol–water partition coefficient (Wildman–Crippen LogP) is 6.07. The summed E-state index contributed by atoms with van der Waals surface area (Å²) in [5.41, 5.74) is 0. The van der Waals surface area contributed by atoms with Gasteiger partial charge in [0.1, 0.15) is 0 Å². The first kappa shape index (κ1) is 12.9. The van der Waals surface area contributed by atoms with Crippen molar-refractivity contribution < 1.29 is 18.1 Å². The van der Waals surface area contributed by atoms with E-state index in [9.17, 15) is 4.57 Å². The molecule has 0 radical (unpaired) electrons. The van der Waals surface area contributed by atoms with Crippen LogP contribution in [0.25, 0.3) is 32.3 Å². The van der Waals surface area contributed by atoms with Gasteiger partial charge in [-0.3, -0.25) is 0 Å². The number of halogens is 1. The van der Waals surface area contributed by atoms with E-state index >= 15 is 0 Å². The third-order valence-electron chi connectivity index (χ3n) is 4.61. The van der Waals surface area contributed by atoms with Crippen molar-refractivity contribution in [3.8, 4) is 17.2 Å². The highest BCUT2D eigenvalue weighted by atomic mass is 35.5. The van der Waals surface area contributed by atoms with Crippen LogP contribution in [0.2, 0.25) is 5.02 Å². The Kier molecular flexibility index (Phi) is 2.14. The van der Waals surface area contributed by atoms with Gasteiger partial charge in [0.05, 0.1) is 5.02 Å². The minimum Gasteiger partial charge on any atom is -0.381 e. The number of phosphoric ester groups is 1. The number of benzene rings is 4. The van der Waals surface area contributed by atoms with E-state index in [4.69, 9.17) is 25.2 Å². The van der Waals surface area contributed by atoms with Crippen LogP contribution in [0.3, 0.4) is 0 Å². The molecule has 2 aliphatic rings. The van der Waals surface area contributed by atoms with Gasteiger partial charge in [0.15, 0.2) is 11.5 Å². The summed E-state index contributed by atoms with van der Waals surface area (Å²) in [7, 11) is -3.59. The summed E-state index contributed by atoms with van der Waals surface area (Å²) in [6.07, 6.45) is 0. The SMILES string of the molecule is O=P12Oc3c(c(c4c(ccc5c6ccccc6ccc54)c3Cl)O1)O2. The smallest absolute Gasteiger partial charge is 0.381 e. The third kappa shape index (κ3) is 1.40. The molecule has 0 aliphatic carbocycles. The second-order valence-electron chi connectivity index (χ2n) is 5.89. The van der Waals surface area contributed by atoms with Gasteiger partial charge in [-0.2, -0.15) is 4.57 Å². The van der Waals surface area contributed by atoms with Crippen LogP contribution in [0.5, 0.6) is 17.2 Å². The van der Waals surface area contributed by atoms with Crippen molar-refractivity contribution in [1.82, 2.24) is 0 Å². The lowest BCUT2D eigenvalue weighted by Crippen LogP contribution is -1.99. The zero-order valence-corrected chi connectivity index (χ0v) is 13.7. The molecule has 0 amide bonds. The molecular formula is C18H8ClO4P. The lowest BCUT2D eigenvalue weighted by atomic mass is 9.96. The highest BCUT2D eigenvalue weighted by Gasteiger charge is 2.52. The van der Waals surface area contributed by atoms with Crippen LogP contribution in [-0.2, 0) is 4.57 Å². The molecule has 0 aromatic heterocycles. The maximum absolute atomic E-state index is 12.3. The van der Waals surface area contributed by atoms with Crippen LogP contribution in [-0.4, -0.2) is 0 Å². The lowest BCUT2D eigenvalue weighted by Gasteiger charge is -2.16. The number of hydrogen-bond donors (Lipinski definition) is 0. The standard InChI is InChI=1S/C18H8ClO4P/c19-15-13-8-7-11-10-4-2-1-3-9(10)5-6-12(11)14(13)16-18-17(15)22-24(20,21-16)23-18/h1-8H. The molecule has 0 N–H and O–H groups in total. The van der Waals surface area contributed by atoms with Crippen LogP contribution < -0.4 is 13.6 Å². The molecule has 4 aromatic carbocycles. The van der Waals surface area contributed by atoms with E-state index in [-0.39, 0.29) is 0 Å². The molecule has 2 bridgehead atoms. The van der Waals surface area contributed by atoms with Gasteiger partial charge in [0.25, 0.3) is 0 Å². The van der Waals surface area contributed by atoms with Crippen molar-refractivity contribution >= 4 is 51.7 Å². The van der Waals surface area contributed by atoms with Crippen molar-refractivity contribution in [2.24, 2.45) is 0 Å². The molecule has 116 valence electrons. The van der Waals surface area contributed by atoms with Crippen molar-refractivity contribution in [1.29, 1.82) is 0 Å². The van der Waals surface area contributed by atoms with E-state index in [1.807, 2.05) is 30.3 Å². The first-order valence-corrected chi connectivity index (χ1v) is 9.27. The fourth-order valence-electron chi connectivity index (χ4n) is 3.60. The molecule has 2 aliphatic heterocycles. The molecule has 0 spiro atoms. The summed E-state index contributed by atoms with van der Waals surface area (Å²) in [6.45, 7) is 0. The summed E-state index contributed by atoms with van der Waals surface area (Å²) in [4.78, 5) is 0. The van der Waals surface area contributed by atoms with Crippen LogP contribution in [0.15, 0.2) is 48.5 Å². The molecule has 4 nitrogen and oxygen atoms in total. The van der Waals surface area contributed by atoms with Crippen molar-refractivity contribution in [2.75, 3.05) is 0 Å². The molecule has 6 rings (SSSR count). The predicted molar refractivity (Wildman–Crippen MR) is 93.5 cm³/mol. The van der Waals surface area contributed by atoms with Gasteiger partial charge < -0.3 is 13.6 Å². The molecule has 0 fully saturated rings. The molecule has 2 heterocycles. The Balaban J connectivity index is 1.89. The van der Waals surface area contributed by atoms with Gasteiger partial charge in [0.2, 0.25) is 5.75 Å². The first-order valence-electron chi connectivity index (χ1n) is 7.43. The maximum Gasteiger partial charge on any atom is 0.647 e. The Morgan fingerprint density at radius 3 is 2.29 bits per heavy atom. The molecule has 1 unspecified atom stereocenters. The molecule has 6 heteroatoms. The zero-order valence-electron chi connectivity index (χ0n) is 12.1. The Morgan fingerprint density at radius 1 is 0.708 bits per heavy atom. The summed E-state index contributed by atoms with van der Waals surface area (Å²) < 4.78 is 28.5. The van der Waals surface area contributed by atoms with Crippen molar-refractivity contribution in [2.45, 2.75) is 0 Å². The van der Waals surface area contributed by atoms with Crippen molar-refractivity contribution in [3.63, 3.8) is 0 Å². The van der Waals surface area contributed by atoms with Gasteiger partial charge in [-0.1, -0.05) is 60.1 Å². The Labute approximate surface area is 141 Å². The van der Waals surface area contributed by atoms with Crippen LogP contribution >= 0.6 is 19.4 Å². The van der Waals surface area contributed by atoms with Gasteiger partial charge in [-0.15, -0.1) is 0 Å². The van der Waals surface area contributed by atoms with Gasteiger partial charge >= 0.3 is 7.82 Å². The molecule has 0 saturated heterocycles. The van der Waals surface area contributed by atoms with E-state index < -0.39 is 7.82 Å². The quantitative estimate of drug-likeness (QED) is 0.284. The second-order valence-corrected chi connectivity index (χ2v) is 7.71.